The van der Waals surface area contributed by atoms with Crippen LogP contribution in [0.15, 0.2) is 18.1 Å². The van der Waals surface area contributed by atoms with Gasteiger partial charge in [0.05, 0.1) is 11.2 Å². The predicted octanol–water partition coefficient (Wildman–Crippen LogP) is 3.17. The molecule has 3 nitrogen and oxygen atoms in total. The fraction of sp³-hybridized carbons (Fsp3) is 0.500. The molecule has 0 aliphatic carbocycles. The Kier molecular flexibility index (Phi) is 3.54. The molecule has 0 atom stereocenters. The van der Waals surface area contributed by atoms with E-state index in [0.717, 1.165) is 5.56 Å². The number of rotatable bonds is 2. The zero-order chi connectivity index (χ0) is 14.3. The predicted molar refractivity (Wildman–Crippen MR) is 74.0 cm³/mol. The maximum Gasteiger partial charge on any atom is 0.487 e. The molecule has 0 N–H and O–H groups in total. The SMILES string of the molecule is Cc1cc(/C=C/B2OC(C)(C)C(C)(C)O2)cc(F)n1. The maximum atomic E-state index is 13.2. The zero-order valence-corrected chi connectivity index (χ0v) is 12.0. The lowest BCUT2D eigenvalue weighted by molar-refractivity contribution is 0.00578. The van der Waals surface area contributed by atoms with E-state index in [2.05, 4.69) is 4.98 Å². The van der Waals surface area contributed by atoms with E-state index in [1.54, 1.807) is 19.0 Å². The second kappa shape index (κ2) is 4.73. The summed E-state index contributed by atoms with van der Waals surface area (Å²) in [5.41, 5.74) is 0.677. The van der Waals surface area contributed by atoms with Gasteiger partial charge < -0.3 is 9.31 Å². The number of hydrogen-bond acceptors (Lipinski definition) is 3. The summed E-state index contributed by atoms with van der Waals surface area (Å²) in [6.45, 7) is 9.75. The summed E-state index contributed by atoms with van der Waals surface area (Å²) in [6.07, 6.45) is 1.79. The molecule has 0 radical (unpaired) electrons. The Labute approximate surface area is 114 Å². The van der Waals surface area contributed by atoms with E-state index in [0.29, 0.717) is 5.69 Å². The van der Waals surface area contributed by atoms with E-state index in [9.17, 15) is 4.39 Å². The van der Waals surface area contributed by atoms with Crippen molar-refractivity contribution in [2.75, 3.05) is 0 Å². The van der Waals surface area contributed by atoms with Gasteiger partial charge in [-0.25, -0.2) is 4.98 Å². The standard InChI is InChI=1S/C14H19BFNO2/c1-10-8-11(9-12(16)17-10)6-7-15-18-13(2,3)14(4,5)19-15/h6-9H,1-5H3/b7-6+. The van der Waals surface area contributed by atoms with Crippen LogP contribution in [0.5, 0.6) is 0 Å². The molecule has 2 heterocycles. The van der Waals surface area contributed by atoms with Crippen LogP contribution in [0, 0.1) is 12.9 Å². The Morgan fingerprint density at radius 2 is 1.74 bits per heavy atom. The van der Waals surface area contributed by atoms with Gasteiger partial charge in [-0.05, 0) is 46.2 Å². The largest absolute Gasteiger partial charge is 0.487 e. The summed E-state index contributed by atoms with van der Waals surface area (Å²) in [5, 5.41) is 0. The van der Waals surface area contributed by atoms with Crippen molar-refractivity contribution >= 4 is 13.2 Å². The molecular weight excluding hydrogens is 244 g/mol. The average molecular weight is 263 g/mol. The normalized spacial score (nSPS) is 21.3. The van der Waals surface area contributed by atoms with E-state index >= 15 is 0 Å². The first-order valence-corrected chi connectivity index (χ1v) is 6.38. The van der Waals surface area contributed by atoms with Gasteiger partial charge in [-0.15, -0.1) is 0 Å². The number of aryl methyl sites for hydroxylation is 1. The van der Waals surface area contributed by atoms with E-state index in [-0.39, 0.29) is 11.2 Å². The van der Waals surface area contributed by atoms with Crippen molar-refractivity contribution in [2.24, 2.45) is 0 Å². The molecule has 0 aromatic carbocycles. The summed E-state index contributed by atoms with van der Waals surface area (Å²) < 4.78 is 24.8. The van der Waals surface area contributed by atoms with Crippen LogP contribution in [0.2, 0.25) is 0 Å². The first-order chi connectivity index (χ1) is 8.69. The second-order valence-electron chi connectivity index (χ2n) is 5.85. The maximum absolute atomic E-state index is 13.2. The highest BCUT2D eigenvalue weighted by Crippen LogP contribution is 2.36. The van der Waals surface area contributed by atoms with Crippen LogP contribution < -0.4 is 0 Å². The van der Waals surface area contributed by atoms with Crippen molar-refractivity contribution in [3.63, 3.8) is 0 Å². The van der Waals surface area contributed by atoms with Gasteiger partial charge >= 0.3 is 7.12 Å². The van der Waals surface area contributed by atoms with Crippen LogP contribution in [0.1, 0.15) is 39.0 Å². The van der Waals surface area contributed by atoms with E-state index in [1.165, 1.54) is 6.07 Å². The lowest BCUT2D eigenvalue weighted by atomic mass is 9.89. The number of halogens is 1. The molecule has 0 unspecified atom stereocenters. The number of aromatic nitrogens is 1. The van der Waals surface area contributed by atoms with Crippen molar-refractivity contribution in [2.45, 2.75) is 45.8 Å². The quantitative estimate of drug-likeness (QED) is 0.606. The van der Waals surface area contributed by atoms with Crippen molar-refractivity contribution in [3.05, 3.63) is 35.3 Å². The molecule has 19 heavy (non-hydrogen) atoms. The van der Waals surface area contributed by atoms with Gasteiger partial charge in [0, 0.05) is 11.8 Å². The van der Waals surface area contributed by atoms with Crippen molar-refractivity contribution in [1.82, 2.24) is 4.98 Å². The average Bonchev–Trinajstić information content (AvgIpc) is 2.43. The van der Waals surface area contributed by atoms with Crippen LogP contribution in [0.25, 0.3) is 6.08 Å². The zero-order valence-electron chi connectivity index (χ0n) is 12.0. The smallest absolute Gasteiger partial charge is 0.400 e. The molecule has 1 saturated heterocycles. The van der Waals surface area contributed by atoms with Crippen LogP contribution in [0.4, 0.5) is 4.39 Å². The lowest BCUT2D eigenvalue weighted by Crippen LogP contribution is -2.41. The molecule has 5 heteroatoms. The molecule has 1 aliphatic heterocycles. The van der Waals surface area contributed by atoms with Gasteiger partial charge in [0.2, 0.25) is 5.95 Å². The second-order valence-corrected chi connectivity index (χ2v) is 5.85. The van der Waals surface area contributed by atoms with Crippen LogP contribution in [-0.4, -0.2) is 23.3 Å². The van der Waals surface area contributed by atoms with E-state index in [4.69, 9.17) is 9.31 Å². The third kappa shape index (κ3) is 3.04. The number of nitrogens with zero attached hydrogens (tertiary/aromatic N) is 1. The minimum atomic E-state index is -0.478. The fourth-order valence-electron chi connectivity index (χ4n) is 1.91. The monoisotopic (exact) mass is 263 g/mol. The highest BCUT2D eigenvalue weighted by atomic mass is 19.1. The molecule has 1 fully saturated rings. The molecule has 0 bridgehead atoms. The Morgan fingerprint density at radius 3 is 2.26 bits per heavy atom. The van der Waals surface area contributed by atoms with Gasteiger partial charge in [-0.2, -0.15) is 4.39 Å². The molecule has 1 aliphatic rings. The lowest BCUT2D eigenvalue weighted by Gasteiger charge is -2.32. The van der Waals surface area contributed by atoms with E-state index in [1.807, 2.05) is 33.8 Å². The van der Waals surface area contributed by atoms with Gasteiger partial charge in [-0.1, -0.05) is 12.1 Å². The summed E-state index contributed by atoms with van der Waals surface area (Å²) in [7, 11) is -0.415. The Hall–Kier alpha value is -1.20. The molecule has 102 valence electrons. The van der Waals surface area contributed by atoms with Crippen LogP contribution in [0.3, 0.4) is 0 Å². The molecule has 0 spiro atoms. The molecule has 1 aromatic rings. The van der Waals surface area contributed by atoms with E-state index < -0.39 is 13.1 Å². The Balaban J connectivity index is 2.12. The first-order valence-electron chi connectivity index (χ1n) is 6.38. The van der Waals surface area contributed by atoms with Crippen LogP contribution in [-0.2, 0) is 9.31 Å². The highest BCUT2D eigenvalue weighted by molar-refractivity contribution is 6.52. The fourth-order valence-corrected chi connectivity index (χ4v) is 1.91. The number of pyridine rings is 1. The molecule has 0 amide bonds. The van der Waals surface area contributed by atoms with Gasteiger partial charge in [0.25, 0.3) is 0 Å². The summed E-state index contributed by atoms with van der Waals surface area (Å²) in [5.74, 6) is 1.32. The summed E-state index contributed by atoms with van der Waals surface area (Å²) >= 11 is 0. The van der Waals surface area contributed by atoms with Crippen LogP contribution >= 0.6 is 0 Å². The van der Waals surface area contributed by atoms with Gasteiger partial charge in [-0.3, -0.25) is 0 Å². The third-order valence-corrected chi connectivity index (χ3v) is 3.66. The summed E-state index contributed by atoms with van der Waals surface area (Å²) in [6, 6.07) is 3.19. The summed E-state index contributed by atoms with van der Waals surface area (Å²) in [4.78, 5) is 3.70. The topological polar surface area (TPSA) is 31.4 Å². The first kappa shape index (κ1) is 14.2. The molecule has 1 aromatic heterocycles. The Bertz CT molecular complexity index is 478. The Morgan fingerprint density at radius 1 is 1.16 bits per heavy atom. The number of hydrogen-bond donors (Lipinski definition) is 0. The van der Waals surface area contributed by atoms with Gasteiger partial charge in [0.1, 0.15) is 0 Å². The van der Waals surface area contributed by atoms with Crippen molar-refractivity contribution in [1.29, 1.82) is 0 Å². The minimum absolute atomic E-state index is 0.360. The molecule has 0 saturated carbocycles. The van der Waals surface area contributed by atoms with Gasteiger partial charge in [0.15, 0.2) is 0 Å². The van der Waals surface area contributed by atoms with Crippen molar-refractivity contribution < 1.29 is 13.7 Å². The minimum Gasteiger partial charge on any atom is -0.400 e. The highest BCUT2D eigenvalue weighted by Gasteiger charge is 2.49. The molecular formula is C14H19BFNO2. The van der Waals surface area contributed by atoms with Crippen molar-refractivity contribution in [3.8, 4) is 0 Å². The molecule has 2 rings (SSSR count). The third-order valence-electron chi connectivity index (χ3n) is 3.66.